The van der Waals surface area contributed by atoms with Crippen LogP contribution in [0.5, 0.6) is 0 Å². The van der Waals surface area contributed by atoms with E-state index in [1.54, 1.807) is 0 Å². The monoisotopic (exact) mass is 606 g/mol. The molecule has 6 heteroatoms. The largest absolute Gasteiger partial charge is 0.480 e. The van der Waals surface area contributed by atoms with Crippen molar-refractivity contribution in [3.8, 4) is 0 Å². The Bertz CT molecular complexity index is 718. The minimum absolute atomic E-state index is 0.0261. The lowest BCUT2D eigenvalue weighted by molar-refractivity contribution is -0.150. The summed E-state index contributed by atoms with van der Waals surface area (Å²) in [6, 6.07) is 0. The molecular weight excluding hydrogens is 538 g/mol. The molecule has 0 aliphatic heterocycles. The van der Waals surface area contributed by atoms with Gasteiger partial charge >= 0.3 is 11.9 Å². The van der Waals surface area contributed by atoms with Crippen molar-refractivity contribution in [1.82, 2.24) is 5.32 Å². The van der Waals surface area contributed by atoms with Gasteiger partial charge in [-0.25, -0.2) is 0 Å². The number of esters is 1. The van der Waals surface area contributed by atoms with Crippen LogP contribution < -0.4 is 5.32 Å². The first-order chi connectivity index (χ1) is 21.0. The fraction of sp³-hybridized carbons (Fsp3) is 0.811. The van der Waals surface area contributed by atoms with Gasteiger partial charge in [0.25, 0.3) is 0 Å². The highest BCUT2D eigenvalue weighted by molar-refractivity contribution is 5.80. The number of carbonyl (C=O) groups excluding carboxylic acids is 2. The lowest BCUT2D eigenvalue weighted by Crippen LogP contribution is -2.28. The van der Waals surface area contributed by atoms with Gasteiger partial charge in [0.1, 0.15) is 12.6 Å². The van der Waals surface area contributed by atoms with E-state index >= 15 is 0 Å². The van der Waals surface area contributed by atoms with E-state index in [1.165, 1.54) is 77.0 Å². The smallest absolute Gasteiger partial charge is 0.322 e. The summed E-state index contributed by atoms with van der Waals surface area (Å²) >= 11 is 0. The zero-order chi connectivity index (χ0) is 31.6. The third-order valence-electron chi connectivity index (χ3n) is 7.88. The van der Waals surface area contributed by atoms with E-state index in [1.807, 2.05) is 0 Å². The molecule has 0 radical (unpaired) electrons. The Balaban J connectivity index is 4.10. The second-order valence-corrected chi connectivity index (χ2v) is 12.1. The van der Waals surface area contributed by atoms with Crippen molar-refractivity contribution in [2.45, 2.75) is 187 Å². The number of rotatable bonds is 32. The average Bonchev–Trinajstić information content (AvgIpc) is 2.99. The van der Waals surface area contributed by atoms with Gasteiger partial charge in [-0.05, 0) is 64.2 Å². The Labute approximate surface area is 264 Å². The van der Waals surface area contributed by atoms with Crippen molar-refractivity contribution in [3.05, 3.63) is 24.3 Å². The Hall–Kier alpha value is -2.11. The van der Waals surface area contributed by atoms with Crippen LogP contribution in [-0.2, 0) is 19.1 Å². The molecule has 0 rings (SSSR count). The van der Waals surface area contributed by atoms with Crippen LogP contribution in [0.3, 0.4) is 0 Å². The van der Waals surface area contributed by atoms with Crippen LogP contribution in [-0.4, -0.2) is 35.6 Å². The first kappa shape index (κ1) is 40.9. The average molecular weight is 606 g/mol. The molecule has 0 heterocycles. The van der Waals surface area contributed by atoms with Crippen molar-refractivity contribution in [2.24, 2.45) is 0 Å². The standard InChI is InChI=1S/C37H67NO5/c1-3-5-7-9-11-12-13-14-15-16-17-19-24-28-32-37(42)43-34(29-25-21-18-10-8-6-4-2)30-26-22-20-23-27-31-35(39)38-33-36(40)41/h9,11,13-14,34H,3-8,10,12,15-33H2,1-2H3,(H,38,39)(H,40,41)/b11-9-,14-13-. The molecule has 0 spiro atoms. The topological polar surface area (TPSA) is 92.7 Å². The molecule has 0 saturated heterocycles. The summed E-state index contributed by atoms with van der Waals surface area (Å²) in [5.74, 6) is -1.25. The summed E-state index contributed by atoms with van der Waals surface area (Å²) in [4.78, 5) is 34.7. The lowest BCUT2D eigenvalue weighted by Gasteiger charge is -2.18. The molecule has 0 saturated carbocycles. The minimum Gasteiger partial charge on any atom is -0.480 e. The predicted molar refractivity (Wildman–Crippen MR) is 180 cm³/mol. The van der Waals surface area contributed by atoms with Gasteiger partial charge < -0.3 is 15.2 Å². The number of unbranched alkanes of at least 4 members (excludes halogenated alkanes) is 17. The summed E-state index contributed by atoms with van der Waals surface area (Å²) in [6.45, 7) is 4.16. The minimum atomic E-state index is -1.02. The maximum atomic E-state index is 12.6. The Morgan fingerprint density at radius 1 is 0.605 bits per heavy atom. The fourth-order valence-electron chi connectivity index (χ4n) is 5.18. The van der Waals surface area contributed by atoms with E-state index in [-0.39, 0.29) is 24.5 Å². The molecule has 0 aromatic rings. The van der Waals surface area contributed by atoms with Crippen LogP contribution >= 0.6 is 0 Å². The first-order valence-corrected chi connectivity index (χ1v) is 18.0. The molecule has 0 aromatic heterocycles. The highest BCUT2D eigenvalue weighted by Crippen LogP contribution is 2.18. The van der Waals surface area contributed by atoms with E-state index in [4.69, 9.17) is 9.84 Å². The number of amides is 1. The van der Waals surface area contributed by atoms with Crippen LogP contribution in [0.2, 0.25) is 0 Å². The van der Waals surface area contributed by atoms with Gasteiger partial charge in [-0.1, -0.05) is 128 Å². The fourth-order valence-corrected chi connectivity index (χ4v) is 5.18. The Kier molecular flexibility index (Phi) is 31.2. The summed E-state index contributed by atoms with van der Waals surface area (Å²) in [5, 5.41) is 11.0. The maximum absolute atomic E-state index is 12.6. The third-order valence-corrected chi connectivity index (χ3v) is 7.88. The van der Waals surface area contributed by atoms with Crippen molar-refractivity contribution in [2.75, 3.05) is 6.54 Å². The van der Waals surface area contributed by atoms with E-state index in [0.717, 1.165) is 77.0 Å². The van der Waals surface area contributed by atoms with Crippen molar-refractivity contribution < 1.29 is 24.2 Å². The number of nitrogens with one attached hydrogen (secondary N) is 1. The number of aliphatic carboxylic acids is 1. The van der Waals surface area contributed by atoms with Crippen LogP contribution in [0.4, 0.5) is 0 Å². The zero-order valence-corrected chi connectivity index (χ0v) is 28.1. The van der Waals surface area contributed by atoms with E-state index in [0.29, 0.717) is 12.8 Å². The summed E-state index contributed by atoms with van der Waals surface area (Å²) < 4.78 is 5.96. The van der Waals surface area contributed by atoms with E-state index in [9.17, 15) is 14.4 Å². The normalized spacial score (nSPS) is 12.2. The Morgan fingerprint density at radius 2 is 1.09 bits per heavy atom. The van der Waals surface area contributed by atoms with Gasteiger partial charge in [0.05, 0.1) is 0 Å². The molecule has 250 valence electrons. The number of hydrogen-bond donors (Lipinski definition) is 2. The summed E-state index contributed by atoms with van der Waals surface area (Å²) in [5.41, 5.74) is 0. The number of allylic oxidation sites excluding steroid dienone is 4. The molecule has 0 bridgehead atoms. The second kappa shape index (κ2) is 32.8. The van der Waals surface area contributed by atoms with Gasteiger partial charge in [-0.15, -0.1) is 0 Å². The molecule has 1 atom stereocenters. The molecule has 0 aliphatic rings. The van der Waals surface area contributed by atoms with Crippen molar-refractivity contribution in [1.29, 1.82) is 0 Å². The maximum Gasteiger partial charge on any atom is 0.322 e. The zero-order valence-electron chi connectivity index (χ0n) is 28.1. The number of carboxylic acids is 1. The second-order valence-electron chi connectivity index (χ2n) is 12.1. The van der Waals surface area contributed by atoms with Gasteiger partial charge in [-0.2, -0.15) is 0 Å². The molecule has 1 unspecified atom stereocenters. The third kappa shape index (κ3) is 32.6. The molecule has 0 fully saturated rings. The van der Waals surface area contributed by atoms with Gasteiger partial charge in [0, 0.05) is 12.8 Å². The van der Waals surface area contributed by atoms with Crippen molar-refractivity contribution >= 4 is 17.8 Å². The summed E-state index contributed by atoms with van der Waals surface area (Å²) in [7, 11) is 0. The Morgan fingerprint density at radius 3 is 1.67 bits per heavy atom. The van der Waals surface area contributed by atoms with Crippen LogP contribution in [0.15, 0.2) is 24.3 Å². The van der Waals surface area contributed by atoms with Gasteiger partial charge in [0.15, 0.2) is 0 Å². The molecule has 43 heavy (non-hydrogen) atoms. The molecule has 0 aliphatic carbocycles. The number of carbonyl (C=O) groups is 3. The highest BCUT2D eigenvalue weighted by Gasteiger charge is 2.14. The molecule has 2 N–H and O–H groups in total. The molecular formula is C37H67NO5. The van der Waals surface area contributed by atoms with Gasteiger partial charge in [0.2, 0.25) is 5.91 Å². The quantitative estimate of drug-likeness (QED) is 0.0452. The van der Waals surface area contributed by atoms with Gasteiger partial charge in [-0.3, -0.25) is 14.4 Å². The van der Waals surface area contributed by atoms with Crippen LogP contribution in [0, 0.1) is 0 Å². The van der Waals surface area contributed by atoms with E-state index < -0.39 is 5.97 Å². The number of carboxylic acid groups (broad SMARTS) is 1. The SMILES string of the molecule is CCCC/C=C\C/C=C\CCCCCCCC(=O)OC(CCCCCCCCC)CCCCCCCC(=O)NCC(=O)O. The molecule has 1 amide bonds. The first-order valence-electron chi connectivity index (χ1n) is 18.0. The van der Waals surface area contributed by atoms with Crippen LogP contribution in [0.25, 0.3) is 0 Å². The number of hydrogen-bond acceptors (Lipinski definition) is 4. The predicted octanol–water partition coefficient (Wildman–Crippen LogP) is 10.4. The molecule has 0 aromatic carbocycles. The summed E-state index contributed by atoms with van der Waals surface area (Å²) in [6.07, 6.45) is 37.2. The number of ether oxygens (including phenoxy) is 1. The highest BCUT2D eigenvalue weighted by atomic mass is 16.5. The van der Waals surface area contributed by atoms with Crippen molar-refractivity contribution in [3.63, 3.8) is 0 Å². The lowest BCUT2D eigenvalue weighted by atomic mass is 10.0. The van der Waals surface area contributed by atoms with Crippen LogP contribution in [0.1, 0.15) is 181 Å². The molecule has 6 nitrogen and oxygen atoms in total. The van der Waals surface area contributed by atoms with E-state index in [2.05, 4.69) is 43.5 Å².